The molecule has 3 N–H and O–H groups in total. The molecule has 0 spiro atoms. The molecule has 0 atom stereocenters. The molecular formula is C10H11FN2O2S. The van der Waals surface area contributed by atoms with Gasteiger partial charge >= 0.3 is 5.97 Å². The van der Waals surface area contributed by atoms with Gasteiger partial charge in [-0.2, -0.15) is 0 Å². The fraction of sp³-hybridized carbons (Fsp3) is 0.200. The van der Waals surface area contributed by atoms with Crippen molar-refractivity contribution in [1.82, 2.24) is 0 Å². The van der Waals surface area contributed by atoms with Crippen molar-refractivity contribution in [3.8, 4) is 0 Å². The van der Waals surface area contributed by atoms with E-state index < -0.39 is 11.8 Å². The van der Waals surface area contributed by atoms with Crippen LogP contribution in [0.25, 0.3) is 0 Å². The summed E-state index contributed by atoms with van der Waals surface area (Å²) in [5, 5.41) is 2.70. The third kappa shape index (κ3) is 2.90. The SMILES string of the molecule is COC(=O)CNc1cccc(F)c1C(N)=S. The van der Waals surface area contributed by atoms with Crippen LogP contribution in [0.5, 0.6) is 0 Å². The third-order valence-corrected chi connectivity index (χ3v) is 2.11. The number of esters is 1. The highest BCUT2D eigenvalue weighted by Crippen LogP contribution is 2.18. The monoisotopic (exact) mass is 242 g/mol. The van der Waals surface area contributed by atoms with Crippen LogP contribution in [0, 0.1) is 5.82 Å². The molecule has 0 amide bonds. The second-order valence-corrected chi connectivity index (χ2v) is 3.40. The summed E-state index contributed by atoms with van der Waals surface area (Å²) in [5.74, 6) is -0.986. The van der Waals surface area contributed by atoms with Gasteiger partial charge in [0.25, 0.3) is 0 Å². The molecule has 0 aliphatic heterocycles. The van der Waals surface area contributed by atoms with Crippen LogP contribution in [0.15, 0.2) is 18.2 Å². The third-order valence-electron chi connectivity index (χ3n) is 1.91. The van der Waals surface area contributed by atoms with Gasteiger partial charge in [-0.05, 0) is 12.1 Å². The zero-order valence-corrected chi connectivity index (χ0v) is 9.44. The number of hydrogen-bond acceptors (Lipinski definition) is 4. The number of carbonyl (C=O) groups excluding carboxylic acids is 1. The first-order chi connectivity index (χ1) is 7.56. The molecule has 0 unspecified atom stereocenters. The fourth-order valence-corrected chi connectivity index (χ4v) is 1.37. The average Bonchev–Trinajstić information content (AvgIpc) is 2.25. The Hall–Kier alpha value is -1.69. The van der Waals surface area contributed by atoms with Crippen LogP contribution >= 0.6 is 12.2 Å². The number of halogens is 1. The van der Waals surface area contributed by atoms with Crippen molar-refractivity contribution >= 4 is 28.9 Å². The number of anilines is 1. The number of carbonyl (C=O) groups is 1. The topological polar surface area (TPSA) is 64.3 Å². The minimum atomic E-state index is -0.526. The number of nitrogens with two attached hydrogens (primary N) is 1. The standard InChI is InChI=1S/C10H11FN2O2S/c1-15-8(14)5-13-7-4-2-3-6(11)9(7)10(12)16/h2-4,13H,5H2,1H3,(H2,12,16). The van der Waals surface area contributed by atoms with Gasteiger partial charge < -0.3 is 15.8 Å². The molecule has 1 aromatic rings. The molecule has 4 nitrogen and oxygen atoms in total. The average molecular weight is 242 g/mol. The lowest BCUT2D eigenvalue weighted by Crippen LogP contribution is -2.19. The maximum Gasteiger partial charge on any atom is 0.325 e. The number of benzene rings is 1. The highest BCUT2D eigenvalue weighted by Gasteiger charge is 2.11. The van der Waals surface area contributed by atoms with Crippen molar-refractivity contribution in [3.05, 3.63) is 29.6 Å². The predicted octanol–water partition coefficient (Wildman–Crippen LogP) is 1.04. The van der Waals surface area contributed by atoms with E-state index in [2.05, 4.69) is 10.1 Å². The maximum absolute atomic E-state index is 13.4. The summed E-state index contributed by atoms with van der Waals surface area (Å²) < 4.78 is 17.8. The summed E-state index contributed by atoms with van der Waals surface area (Å²) in [7, 11) is 1.27. The van der Waals surface area contributed by atoms with Crippen LogP contribution in [0.4, 0.5) is 10.1 Å². The lowest BCUT2D eigenvalue weighted by molar-refractivity contribution is -0.138. The second-order valence-electron chi connectivity index (χ2n) is 2.96. The quantitative estimate of drug-likeness (QED) is 0.610. The van der Waals surface area contributed by atoms with Crippen molar-refractivity contribution in [2.45, 2.75) is 0 Å². The molecule has 0 aromatic heterocycles. The molecule has 86 valence electrons. The van der Waals surface area contributed by atoms with E-state index >= 15 is 0 Å². The fourth-order valence-electron chi connectivity index (χ4n) is 1.16. The van der Waals surface area contributed by atoms with Crippen LogP contribution < -0.4 is 11.1 Å². The second kappa shape index (κ2) is 5.41. The predicted molar refractivity (Wildman–Crippen MR) is 62.8 cm³/mol. The summed E-state index contributed by atoms with van der Waals surface area (Å²) in [6.07, 6.45) is 0. The number of rotatable bonds is 4. The molecule has 0 saturated carbocycles. The first kappa shape index (κ1) is 12.4. The van der Waals surface area contributed by atoms with E-state index in [-0.39, 0.29) is 17.1 Å². The molecule has 0 bridgehead atoms. The van der Waals surface area contributed by atoms with Gasteiger partial charge in [-0.15, -0.1) is 0 Å². The lowest BCUT2D eigenvalue weighted by Gasteiger charge is -2.10. The Labute approximate surface area is 97.6 Å². The molecule has 6 heteroatoms. The van der Waals surface area contributed by atoms with Gasteiger partial charge in [-0.3, -0.25) is 4.79 Å². The van der Waals surface area contributed by atoms with E-state index in [0.717, 1.165) is 0 Å². The van der Waals surface area contributed by atoms with E-state index in [1.807, 2.05) is 0 Å². The normalized spacial score (nSPS) is 9.62. The molecule has 0 fully saturated rings. The highest BCUT2D eigenvalue weighted by atomic mass is 32.1. The van der Waals surface area contributed by atoms with Crippen LogP contribution in [0.3, 0.4) is 0 Å². The molecular weight excluding hydrogens is 231 g/mol. The molecule has 1 aromatic carbocycles. The molecule has 0 heterocycles. The smallest absolute Gasteiger partial charge is 0.325 e. The Kier molecular flexibility index (Phi) is 4.19. The minimum Gasteiger partial charge on any atom is -0.468 e. The Morgan fingerprint density at radius 2 is 2.31 bits per heavy atom. The zero-order chi connectivity index (χ0) is 12.1. The van der Waals surface area contributed by atoms with Crippen molar-refractivity contribution in [2.24, 2.45) is 5.73 Å². The molecule has 0 saturated heterocycles. The minimum absolute atomic E-state index is 0.0644. The Balaban J connectivity index is 2.91. The number of thiocarbonyl (C=S) groups is 1. The van der Waals surface area contributed by atoms with Crippen LogP contribution in [0.1, 0.15) is 5.56 Å². The van der Waals surface area contributed by atoms with E-state index in [0.29, 0.717) is 5.69 Å². The summed E-state index contributed by atoms with van der Waals surface area (Å²) >= 11 is 4.73. The van der Waals surface area contributed by atoms with Crippen LogP contribution in [-0.4, -0.2) is 24.6 Å². The first-order valence-electron chi connectivity index (χ1n) is 4.45. The number of hydrogen-bond donors (Lipinski definition) is 2. The number of ether oxygens (including phenoxy) is 1. The Morgan fingerprint density at radius 1 is 1.62 bits per heavy atom. The summed E-state index contributed by atoms with van der Waals surface area (Å²) in [6.45, 7) is -0.0738. The largest absolute Gasteiger partial charge is 0.468 e. The van der Waals surface area contributed by atoms with Crippen LogP contribution in [-0.2, 0) is 9.53 Å². The van der Waals surface area contributed by atoms with Gasteiger partial charge in [0.1, 0.15) is 17.4 Å². The first-order valence-corrected chi connectivity index (χ1v) is 4.86. The van der Waals surface area contributed by atoms with Gasteiger partial charge in [-0.1, -0.05) is 18.3 Å². The van der Waals surface area contributed by atoms with E-state index in [1.54, 1.807) is 6.07 Å². The van der Waals surface area contributed by atoms with E-state index in [1.165, 1.54) is 19.2 Å². The Bertz CT molecular complexity index is 423. The molecule has 1 rings (SSSR count). The molecule has 16 heavy (non-hydrogen) atoms. The van der Waals surface area contributed by atoms with Crippen molar-refractivity contribution in [1.29, 1.82) is 0 Å². The lowest BCUT2D eigenvalue weighted by atomic mass is 10.1. The summed E-state index contributed by atoms with van der Waals surface area (Å²) in [5.41, 5.74) is 5.86. The van der Waals surface area contributed by atoms with E-state index in [4.69, 9.17) is 18.0 Å². The number of methoxy groups -OCH3 is 1. The Morgan fingerprint density at radius 3 is 2.88 bits per heavy atom. The summed E-state index contributed by atoms with van der Waals surface area (Å²) in [6, 6.07) is 4.33. The number of nitrogens with one attached hydrogen (secondary N) is 1. The van der Waals surface area contributed by atoms with Crippen molar-refractivity contribution in [2.75, 3.05) is 19.0 Å². The van der Waals surface area contributed by atoms with Gasteiger partial charge in [0.15, 0.2) is 0 Å². The van der Waals surface area contributed by atoms with Crippen molar-refractivity contribution < 1.29 is 13.9 Å². The van der Waals surface area contributed by atoms with Crippen LogP contribution in [0.2, 0.25) is 0 Å². The zero-order valence-electron chi connectivity index (χ0n) is 8.62. The molecule has 0 radical (unpaired) electrons. The van der Waals surface area contributed by atoms with Gasteiger partial charge in [-0.25, -0.2) is 4.39 Å². The van der Waals surface area contributed by atoms with Gasteiger partial charge in [0.05, 0.1) is 12.7 Å². The molecule has 0 aliphatic carbocycles. The maximum atomic E-state index is 13.4. The van der Waals surface area contributed by atoms with E-state index in [9.17, 15) is 9.18 Å². The summed E-state index contributed by atoms with van der Waals surface area (Å²) in [4.78, 5) is 10.8. The highest BCUT2D eigenvalue weighted by molar-refractivity contribution is 7.80. The van der Waals surface area contributed by atoms with Gasteiger partial charge in [0.2, 0.25) is 0 Å². The molecule has 0 aliphatic rings. The van der Waals surface area contributed by atoms with Gasteiger partial charge in [0, 0.05) is 5.69 Å². The van der Waals surface area contributed by atoms with Crippen molar-refractivity contribution in [3.63, 3.8) is 0 Å².